The van der Waals surface area contributed by atoms with Crippen LogP contribution in [0.5, 0.6) is 0 Å². The summed E-state index contributed by atoms with van der Waals surface area (Å²) in [6.07, 6.45) is 10.2. The summed E-state index contributed by atoms with van der Waals surface area (Å²) in [5.41, 5.74) is 5.15. The number of allylic oxidation sites excluding steroid dienone is 3. The van der Waals surface area contributed by atoms with Crippen molar-refractivity contribution in [1.82, 2.24) is 0 Å². The number of hydrogen-bond acceptors (Lipinski definition) is 3. The summed E-state index contributed by atoms with van der Waals surface area (Å²) < 4.78 is 5.40. The van der Waals surface area contributed by atoms with E-state index in [1.54, 1.807) is 6.21 Å². The zero-order valence-corrected chi connectivity index (χ0v) is 20.5. The Morgan fingerprint density at radius 3 is 2.39 bits per heavy atom. The molecular formula is C30H35NO2. The minimum absolute atomic E-state index is 0.231. The Hall–Kier alpha value is -3.46. The minimum atomic E-state index is -0.778. The van der Waals surface area contributed by atoms with Gasteiger partial charge in [0.1, 0.15) is 0 Å². The molecule has 0 N–H and O–H groups in total. The van der Waals surface area contributed by atoms with Gasteiger partial charge < -0.3 is 4.74 Å². The molecule has 0 aromatic heterocycles. The van der Waals surface area contributed by atoms with E-state index in [0.717, 1.165) is 22.3 Å². The van der Waals surface area contributed by atoms with E-state index in [0.29, 0.717) is 18.7 Å². The first-order valence-electron chi connectivity index (χ1n) is 11.3. The van der Waals surface area contributed by atoms with Crippen LogP contribution in [0, 0.1) is 12.3 Å². The van der Waals surface area contributed by atoms with Gasteiger partial charge in [0.05, 0.1) is 17.7 Å². The lowest BCUT2D eigenvalue weighted by Crippen LogP contribution is -2.33. The summed E-state index contributed by atoms with van der Waals surface area (Å²) in [5.74, 6) is -0.231. The normalized spacial score (nSPS) is 14.5. The first kappa shape index (κ1) is 25.8. The highest BCUT2D eigenvalue weighted by atomic mass is 16.5. The van der Waals surface area contributed by atoms with Crippen LogP contribution in [0.3, 0.4) is 0 Å². The van der Waals surface area contributed by atoms with Gasteiger partial charge in [0.25, 0.3) is 0 Å². The van der Waals surface area contributed by atoms with E-state index in [2.05, 4.69) is 42.8 Å². The zero-order chi connectivity index (χ0) is 24.3. The maximum absolute atomic E-state index is 12.9. The fourth-order valence-corrected chi connectivity index (χ4v) is 3.39. The Morgan fingerprint density at radius 1 is 1.12 bits per heavy atom. The number of rotatable bonds is 10. The molecule has 0 bridgehead atoms. The predicted molar refractivity (Wildman–Crippen MR) is 140 cm³/mol. The summed E-state index contributed by atoms with van der Waals surface area (Å²) in [4.78, 5) is 17.4. The van der Waals surface area contributed by atoms with E-state index >= 15 is 0 Å². The van der Waals surface area contributed by atoms with Gasteiger partial charge >= 0.3 is 5.97 Å². The predicted octanol–water partition coefficient (Wildman–Crippen LogP) is 7.30. The summed E-state index contributed by atoms with van der Waals surface area (Å²) in [5, 5.41) is 0. The smallest absolute Gasteiger partial charge is 0.316 e. The molecule has 0 aliphatic carbocycles. The van der Waals surface area contributed by atoms with Crippen LogP contribution in [0.1, 0.15) is 44.4 Å². The lowest BCUT2D eigenvalue weighted by Gasteiger charge is -2.28. The second-order valence-electron chi connectivity index (χ2n) is 8.28. The monoisotopic (exact) mass is 441 g/mol. The number of esters is 1. The highest BCUT2D eigenvalue weighted by molar-refractivity contribution is 5.83. The van der Waals surface area contributed by atoms with Crippen LogP contribution >= 0.6 is 0 Å². The number of hydrogen-bond donors (Lipinski definition) is 0. The van der Waals surface area contributed by atoms with Gasteiger partial charge in [0.15, 0.2) is 0 Å². The second-order valence-corrected chi connectivity index (χ2v) is 8.28. The fourth-order valence-electron chi connectivity index (χ4n) is 3.39. The van der Waals surface area contributed by atoms with Crippen molar-refractivity contribution in [1.29, 1.82) is 0 Å². The number of aliphatic imine (C=N–C) groups is 1. The van der Waals surface area contributed by atoms with E-state index in [4.69, 9.17) is 4.74 Å². The number of carbonyl (C=O) groups is 1. The van der Waals surface area contributed by atoms with Gasteiger partial charge in [-0.25, -0.2) is 0 Å². The topological polar surface area (TPSA) is 38.7 Å². The van der Waals surface area contributed by atoms with Gasteiger partial charge in [-0.1, -0.05) is 90.5 Å². The van der Waals surface area contributed by atoms with Crippen LogP contribution in [0.25, 0.3) is 6.08 Å². The van der Waals surface area contributed by atoms with Crippen LogP contribution in [-0.2, 0) is 16.0 Å². The molecule has 0 aliphatic rings. The highest BCUT2D eigenvalue weighted by Crippen LogP contribution is 2.32. The molecule has 3 nitrogen and oxygen atoms in total. The zero-order valence-electron chi connectivity index (χ0n) is 20.5. The molecule has 0 radical (unpaired) electrons. The minimum Gasteiger partial charge on any atom is -0.465 e. The molecule has 0 saturated heterocycles. The maximum atomic E-state index is 12.9. The quantitative estimate of drug-likeness (QED) is 0.220. The lowest BCUT2D eigenvalue weighted by atomic mass is 9.77. The van der Waals surface area contributed by atoms with Crippen LogP contribution < -0.4 is 0 Å². The highest BCUT2D eigenvalue weighted by Gasteiger charge is 2.36. The van der Waals surface area contributed by atoms with Crippen molar-refractivity contribution in [2.75, 3.05) is 6.61 Å². The van der Waals surface area contributed by atoms with Gasteiger partial charge in [0, 0.05) is 6.21 Å². The molecule has 2 rings (SSSR count). The van der Waals surface area contributed by atoms with Crippen LogP contribution in [0.2, 0.25) is 0 Å². The Balaban J connectivity index is 2.18. The molecule has 3 heteroatoms. The van der Waals surface area contributed by atoms with Crippen molar-refractivity contribution in [3.63, 3.8) is 0 Å². The molecule has 0 heterocycles. The summed E-state index contributed by atoms with van der Waals surface area (Å²) in [6.45, 7) is 14.2. The van der Waals surface area contributed by atoms with Crippen molar-refractivity contribution >= 4 is 18.3 Å². The molecule has 1 atom stereocenters. The molecule has 0 spiro atoms. The Morgan fingerprint density at radius 2 is 1.79 bits per heavy atom. The van der Waals surface area contributed by atoms with Crippen molar-refractivity contribution in [2.45, 2.75) is 41.0 Å². The van der Waals surface area contributed by atoms with E-state index in [-0.39, 0.29) is 5.97 Å². The van der Waals surface area contributed by atoms with Crippen LogP contribution in [0.4, 0.5) is 0 Å². The van der Waals surface area contributed by atoms with E-state index in [1.807, 2.05) is 82.3 Å². The number of benzene rings is 2. The average molecular weight is 442 g/mol. The third kappa shape index (κ3) is 7.57. The molecule has 2 aromatic carbocycles. The van der Waals surface area contributed by atoms with Crippen molar-refractivity contribution < 1.29 is 9.53 Å². The van der Waals surface area contributed by atoms with Gasteiger partial charge in [0.2, 0.25) is 0 Å². The summed E-state index contributed by atoms with van der Waals surface area (Å²) in [6, 6.07) is 18.3. The fraction of sp³-hybridized carbons (Fsp3) is 0.267. The number of nitrogens with zero attached hydrogens (tertiary/aromatic N) is 1. The molecule has 172 valence electrons. The second kappa shape index (κ2) is 12.5. The Bertz CT molecular complexity index is 1060. The summed E-state index contributed by atoms with van der Waals surface area (Å²) in [7, 11) is 0. The largest absolute Gasteiger partial charge is 0.465 e. The molecule has 33 heavy (non-hydrogen) atoms. The number of aryl methyl sites for hydroxylation is 1. The van der Waals surface area contributed by atoms with E-state index < -0.39 is 5.41 Å². The maximum Gasteiger partial charge on any atom is 0.316 e. The van der Waals surface area contributed by atoms with Crippen LogP contribution in [-0.4, -0.2) is 18.8 Å². The third-order valence-electron chi connectivity index (χ3n) is 5.73. The first-order valence-corrected chi connectivity index (χ1v) is 11.3. The lowest BCUT2D eigenvalue weighted by molar-refractivity contribution is -0.152. The molecule has 0 amide bonds. The molecule has 0 fully saturated rings. The first-order chi connectivity index (χ1) is 15.8. The summed E-state index contributed by atoms with van der Waals surface area (Å²) >= 11 is 0. The van der Waals surface area contributed by atoms with Gasteiger partial charge in [-0.15, -0.1) is 0 Å². The van der Waals surface area contributed by atoms with Gasteiger partial charge in [-0.3, -0.25) is 9.79 Å². The standard InChI is InChI=1S/C30H35NO2/c1-7-28(19-18-26-16-14-23(3)15-17-26)25(5)31-21-20-24(4)30(6,29(32)33-8-2)22-27-12-10-9-11-13-27/h7,9-21H,5,8,22H2,1-4,6H3/b19-18+,24-20+,28-7-,31-21?. The molecule has 1 unspecified atom stereocenters. The van der Waals surface area contributed by atoms with E-state index in [1.165, 1.54) is 5.56 Å². The average Bonchev–Trinajstić information content (AvgIpc) is 2.81. The Kier molecular flexibility index (Phi) is 9.81. The molecule has 0 saturated carbocycles. The van der Waals surface area contributed by atoms with Gasteiger partial charge in [-0.2, -0.15) is 0 Å². The molecular weight excluding hydrogens is 406 g/mol. The van der Waals surface area contributed by atoms with Crippen molar-refractivity contribution in [2.24, 2.45) is 10.4 Å². The van der Waals surface area contributed by atoms with Crippen LogP contribution in [0.15, 0.2) is 101 Å². The van der Waals surface area contributed by atoms with Crippen molar-refractivity contribution in [3.8, 4) is 0 Å². The number of ether oxygens (including phenoxy) is 1. The SMILES string of the molecule is C=C(N=C/C=C(\C)C(C)(Cc1ccccc1)C(=O)OCC)C(=C\C)/C=C/c1ccc(C)cc1. The third-order valence-corrected chi connectivity index (χ3v) is 5.73. The van der Waals surface area contributed by atoms with Crippen molar-refractivity contribution in [3.05, 3.63) is 113 Å². The molecule has 0 aliphatic heterocycles. The van der Waals surface area contributed by atoms with Gasteiger partial charge in [-0.05, 0) is 63.8 Å². The molecule has 2 aromatic rings. The van der Waals surface area contributed by atoms with E-state index in [9.17, 15) is 4.79 Å². The Labute approximate surface area is 198 Å². The number of carbonyl (C=O) groups excluding carboxylic acids is 1.